The van der Waals surface area contributed by atoms with Gasteiger partial charge in [-0.2, -0.15) is 0 Å². The molecule has 0 amide bonds. The molecule has 60 valence electrons. The van der Waals surface area contributed by atoms with Gasteiger partial charge in [0, 0.05) is 0 Å². The van der Waals surface area contributed by atoms with Gasteiger partial charge in [0.15, 0.2) is 0 Å². The summed E-state index contributed by atoms with van der Waals surface area (Å²) in [7, 11) is 0. The molecule has 0 saturated heterocycles. The zero-order valence-electron chi connectivity index (χ0n) is 7.01. The van der Waals surface area contributed by atoms with Gasteiger partial charge in [-0.25, -0.2) is 0 Å². The average molecular weight is 142 g/mol. The molecule has 0 rings (SSSR count). The Balaban J connectivity index is 3.11. The van der Waals surface area contributed by atoms with Crippen molar-refractivity contribution in [1.29, 1.82) is 0 Å². The molecule has 0 aromatic rings. The van der Waals surface area contributed by atoms with E-state index in [0.29, 0.717) is 0 Å². The summed E-state index contributed by atoms with van der Waals surface area (Å²) in [5.74, 6) is 0.747. The second-order valence-corrected chi connectivity index (χ2v) is 3.13. The van der Waals surface area contributed by atoms with Crippen molar-refractivity contribution in [2.75, 3.05) is 0 Å². The van der Waals surface area contributed by atoms with Gasteiger partial charge in [-0.1, -0.05) is 32.8 Å². The number of rotatable bonds is 5. The number of hydrogen-bond donors (Lipinski definition) is 1. The van der Waals surface area contributed by atoms with Crippen LogP contribution < -0.4 is 0 Å². The first-order valence-corrected chi connectivity index (χ1v) is 3.97. The fraction of sp³-hybridized carbons (Fsp3) is 0.778. The Labute approximate surface area is 63.8 Å². The average Bonchev–Trinajstić information content (AvgIpc) is 1.87. The monoisotopic (exact) mass is 142 g/mol. The van der Waals surface area contributed by atoms with Crippen molar-refractivity contribution < 1.29 is 5.11 Å². The van der Waals surface area contributed by atoms with E-state index in [-0.39, 0.29) is 6.10 Å². The molecule has 0 bridgehead atoms. The number of aliphatic hydroxyl groups excluding tert-OH is 1. The molecule has 0 aromatic carbocycles. The van der Waals surface area contributed by atoms with Crippen molar-refractivity contribution in [1.82, 2.24) is 0 Å². The minimum atomic E-state index is -0.293. The van der Waals surface area contributed by atoms with Crippen LogP contribution in [-0.4, -0.2) is 11.2 Å². The van der Waals surface area contributed by atoms with Crippen molar-refractivity contribution in [2.45, 2.75) is 39.2 Å². The van der Waals surface area contributed by atoms with E-state index in [1.165, 1.54) is 6.42 Å². The highest BCUT2D eigenvalue weighted by Gasteiger charge is 1.98. The Kier molecular flexibility index (Phi) is 5.32. The van der Waals surface area contributed by atoms with Crippen LogP contribution in [0.15, 0.2) is 12.7 Å². The molecule has 0 aliphatic carbocycles. The first-order valence-electron chi connectivity index (χ1n) is 3.97. The zero-order valence-corrected chi connectivity index (χ0v) is 7.01. The van der Waals surface area contributed by atoms with Crippen LogP contribution in [0.25, 0.3) is 0 Å². The van der Waals surface area contributed by atoms with Gasteiger partial charge in [0.05, 0.1) is 6.10 Å². The first kappa shape index (κ1) is 9.70. The minimum Gasteiger partial charge on any atom is -0.389 e. The van der Waals surface area contributed by atoms with Crippen LogP contribution in [0.3, 0.4) is 0 Å². The first-order chi connectivity index (χ1) is 4.66. The van der Waals surface area contributed by atoms with E-state index in [2.05, 4.69) is 20.4 Å². The molecule has 0 saturated carbocycles. The second-order valence-electron chi connectivity index (χ2n) is 3.13. The SMILES string of the molecule is C=C[C@H](O)CCCC(C)C. The molecule has 1 N–H and O–H groups in total. The zero-order chi connectivity index (χ0) is 7.98. The third-order valence-corrected chi connectivity index (χ3v) is 1.55. The van der Waals surface area contributed by atoms with Crippen molar-refractivity contribution in [3.05, 3.63) is 12.7 Å². The Morgan fingerprint density at radius 1 is 1.40 bits per heavy atom. The molecule has 0 unspecified atom stereocenters. The van der Waals surface area contributed by atoms with E-state index < -0.39 is 0 Å². The van der Waals surface area contributed by atoms with Gasteiger partial charge in [-0.15, -0.1) is 6.58 Å². The summed E-state index contributed by atoms with van der Waals surface area (Å²) in [6.45, 7) is 7.90. The quantitative estimate of drug-likeness (QED) is 0.584. The standard InChI is InChI=1S/C9H18O/c1-4-9(10)7-5-6-8(2)3/h4,8-10H,1,5-7H2,2-3H3/t9-/m0/s1. The van der Waals surface area contributed by atoms with Gasteiger partial charge in [-0.3, -0.25) is 0 Å². The van der Waals surface area contributed by atoms with Crippen LogP contribution in [0.4, 0.5) is 0 Å². The highest BCUT2D eigenvalue weighted by atomic mass is 16.3. The third kappa shape index (κ3) is 5.83. The Morgan fingerprint density at radius 3 is 2.40 bits per heavy atom. The molecule has 0 aliphatic heterocycles. The highest BCUT2D eigenvalue weighted by molar-refractivity contribution is 4.77. The molecule has 0 spiro atoms. The normalized spacial score (nSPS) is 13.6. The van der Waals surface area contributed by atoms with Crippen LogP contribution in [0.2, 0.25) is 0 Å². The number of hydrogen-bond acceptors (Lipinski definition) is 1. The molecule has 0 aliphatic rings. The maximum absolute atomic E-state index is 9.05. The van der Waals surface area contributed by atoms with Gasteiger partial charge in [0.1, 0.15) is 0 Å². The Hall–Kier alpha value is -0.300. The fourth-order valence-electron chi connectivity index (χ4n) is 0.853. The van der Waals surface area contributed by atoms with E-state index in [9.17, 15) is 0 Å². The molecule has 1 heteroatoms. The largest absolute Gasteiger partial charge is 0.389 e. The lowest BCUT2D eigenvalue weighted by molar-refractivity contribution is 0.206. The van der Waals surface area contributed by atoms with E-state index >= 15 is 0 Å². The fourth-order valence-corrected chi connectivity index (χ4v) is 0.853. The van der Waals surface area contributed by atoms with Crippen LogP contribution in [0, 0.1) is 5.92 Å². The lowest BCUT2D eigenvalue weighted by Gasteiger charge is -2.06. The summed E-state index contributed by atoms with van der Waals surface area (Å²) in [5.41, 5.74) is 0. The van der Waals surface area contributed by atoms with Crippen LogP contribution >= 0.6 is 0 Å². The smallest absolute Gasteiger partial charge is 0.0718 e. The summed E-state index contributed by atoms with van der Waals surface area (Å²) in [6.07, 6.45) is 4.47. The van der Waals surface area contributed by atoms with Crippen molar-refractivity contribution in [3.8, 4) is 0 Å². The van der Waals surface area contributed by atoms with Crippen molar-refractivity contribution >= 4 is 0 Å². The topological polar surface area (TPSA) is 20.2 Å². The second kappa shape index (κ2) is 5.48. The van der Waals surface area contributed by atoms with Gasteiger partial charge in [0.25, 0.3) is 0 Å². The molecule has 0 fully saturated rings. The van der Waals surface area contributed by atoms with E-state index in [1.54, 1.807) is 6.08 Å². The molecular formula is C9H18O. The predicted octanol–water partition coefficient (Wildman–Crippen LogP) is 2.36. The molecule has 0 aromatic heterocycles. The number of aliphatic hydroxyl groups is 1. The lowest BCUT2D eigenvalue weighted by atomic mass is 10.0. The summed E-state index contributed by atoms with van der Waals surface area (Å²) >= 11 is 0. The summed E-state index contributed by atoms with van der Waals surface area (Å²) < 4.78 is 0. The van der Waals surface area contributed by atoms with Crippen LogP contribution in [-0.2, 0) is 0 Å². The predicted molar refractivity (Wildman–Crippen MR) is 44.9 cm³/mol. The van der Waals surface area contributed by atoms with Gasteiger partial charge < -0.3 is 5.11 Å². The van der Waals surface area contributed by atoms with E-state index in [4.69, 9.17) is 5.11 Å². The van der Waals surface area contributed by atoms with E-state index in [0.717, 1.165) is 18.8 Å². The van der Waals surface area contributed by atoms with E-state index in [1.807, 2.05) is 0 Å². The van der Waals surface area contributed by atoms with Gasteiger partial charge in [-0.05, 0) is 12.3 Å². The van der Waals surface area contributed by atoms with Crippen LogP contribution in [0.5, 0.6) is 0 Å². The van der Waals surface area contributed by atoms with Gasteiger partial charge >= 0.3 is 0 Å². The molecule has 10 heavy (non-hydrogen) atoms. The minimum absolute atomic E-state index is 0.293. The third-order valence-electron chi connectivity index (χ3n) is 1.55. The lowest BCUT2D eigenvalue weighted by Crippen LogP contribution is -2.01. The highest BCUT2D eigenvalue weighted by Crippen LogP contribution is 2.08. The maximum atomic E-state index is 9.05. The summed E-state index contributed by atoms with van der Waals surface area (Å²) in [4.78, 5) is 0. The van der Waals surface area contributed by atoms with Crippen molar-refractivity contribution in [3.63, 3.8) is 0 Å². The molecular weight excluding hydrogens is 124 g/mol. The maximum Gasteiger partial charge on any atom is 0.0718 e. The summed E-state index contributed by atoms with van der Waals surface area (Å²) in [6, 6.07) is 0. The molecule has 1 nitrogen and oxygen atoms in total. The molecule has 0 heterocycles. The van der Waals surface area contributed by atoms with Gasteiger partial charge in [0.2, 0.25) is 0 Å². The van der Waals surface area contributed by atoms with Crippen molar-refractivity contribution in [2.24, 2.45) is 5.92 Å². The Morgan fingerprint density at radius 2 is 2.00 bits per heavy atom. The Bertz CT molecular complexity index is 86.7. The molecule has 1 atom stereocenters. The molecule has 0 radical (unpaired) electrons. The summed E-state index contributed by atoms with van der Waals surface area (Å²) in [5, 5.41) is 9.05. The van der Waals surface area contributed by atoms with Crippen LogP contribution in [0.1, 0.15) is 33.1 Å².